The molecule has 0 N–H and O–H groups in total. The van der Waals surface area contributed by atoms with Crippen LogP contribution in [0.15, 0.2) is 12.1 Å². The lowest BCUT2D eigenvalue weighted by atomic mass is 9.77. The summed E-state index contributed by atoms with van der Waals surface area (Å²) in [6.45, 7) is 4.11. The Kier molecular flexibility index (Phi) is 3.09. The highest BCUT2D eigenvalue weighted by molar-refractivity contribution is 6.00. The van der Waals surface area contributed by atoms with E-state index >= 15 is 0 Å². The number of Topliss-reactive ketones (excluding diaryl/α,β-unsaturated/α-hetero) is 1. The highest BCUT2D eigenvalue weighted by Crippen LogP contribution is 2.37. The van der Waals surface area contributed by atoms with Gasteiger partial charge in [-0.05, 0) is 30.0 Å². The lowest BCUT2D eigenvalue weighted by Crippen LogP contribution is -2.27. The van der Waals surface area contributed by atoms with E-state index < -0.39 is 0 Å². The van der Waals surface area contributed by atoms with Crippen molar-refractivity contribution in [2.24, 2.45) is 11.8 Å². The maximum Gasteiger partial charge on any atom is 0.166 e. The van der Waals surface area contributed by atoms with E-state index in [9.17, 15) is 4.79 Å². The second-order valence-corrected chi connectivity index (χ2v) is 4.70. The fraction of sp³-hybridized carbons (Fsp3) is 0.500. The van der Waals surface area contributed by atoms with Crippen molar-refractivity contribution in [1.82, 2.24) is 0 Å². The molecule has 92 valence electrons. The number of benzene rings is 1. The molecule has 0 spiro atoms. The van der Waals surface area contributed by atoms with Crippen LogP contribution in [-0.2, 0) is 6.42 Å². The molecule has 2 unspecified atom stereocenters. The topological polar surface area (TPSA) is 35.5 Å². The van der Waals surface area contributed by atoms with Crippen molar-refractivity contribution in [3.63, 3.8) is 0 Å². The lowest BCUT2D eigenvalue weighted by Gasteiger charge is -2.27. The zero-order chi connectivity index (χ0) is 12.6. The molecule has 0 aromatic heterocycles. The van der Waals surface area contributed by atoms with Crippen molar-refractivity contribution >= 4 is 5.78 Å². The van der Waals surface area contributed by atoms with Gasteiger partial charge < -0.3 is 9.47 Å². The third kappa shape index (κ3) is 1.90. The van der Waals surface area contributed by atoms with E-state index in [1.54, 1.807) is 20.3 Å². The predicted molar refractivity (Wildman–Crippen MR) is 65.9 cm³/mol. The molecule has 0 fully saturated rings. The van der Waals surface area contributed by atoms with Crippen LogP contribution in [0.4, 0.5) is 0 Å². The van der Waals surface area contributed by atoms with E-state index in [-0.39, 0.29) is 11.7 Å². The Labute approximate surface area is 102 Å². The minimum absolute atomic E-state index is 0.0839. The third-order valence-corrected chi connectivity index (χ3v) is 3.68. The Morgan fingerprint density at radius 2 is 1.71 bits per heavy atom. The Bertz CT molecular complexity index is 451. The van der Waals surface area contributed by atoms with Crippen LogP contribution in [0.5, 0.6) is 11.5 Å². The van der Waals surface area contributed by atoms with Crippen molar-refractivity contribution in [3.05, 3.63) is 23.3 Å². The lowest BCUT2D eigenvalue weighted by molar-refractivity contribution is 0.0876. The van der Waals surface area contributed by atoms with E-state index in [0.717, 1.165) is 17.5 Å². The molecule has 0 aliphatic heterocycles. The van der Waals surface area contributed by atoms with Gasteiger partial charge in [-0.3, -0.25) is 4.79 Å². The zero-order valence-electron chi connectivity index (χ0n) is 10.7. The molecular formula is C14H18O3. The minimum Gasteiger partial charge on any atom is -0.493 e. The Hall–Kier alpha value is -1.51. The molecule has 17 heavy (non-hydrogen) atoms. The van der Waals surface area contributed by atoms with Crippen molar-refractivity contribution < 1.29 is 14.3 Å². The van der Waals surface area contributed by atoms with Gasteiger partial charge >= 0.3 is 0 Å². The first-order chi connectivity index (χ1) is 8.08. The maximum absolute atomic E-state index is 12.2. The number of hydrogen-bond acceptors (Lipinski definition) is 3. The number of ether oxygens (including phenoxy) is 2. The number of fused-ring (bicyclic) bond motifs is 1. The van der Waals surface area contributed by atoms with E-state index in [1.165, 1.54) is 0 Å². The fourth-order valence-electron chi connectivity index (χ4n) is 2.35. The Balaban J connectivity index is 2.54. The van der Waals surface area contributed by atoms with Crippen LogP contribution in [0.2, 0.25) is 0 Å². The molecule has 1 aliphatic carbocycles. The Morgan fingerprint density at radius 3 is 2.29 bits per heavy atom. The molecule has 0 heterocycles. The van der Waals surface area contributed by atoms with Gasteiger partial charge in [0.2, 0.25) is 0 Å². The molecule has 0 bridgehead atoms. The molecule has 1 aromatic carbocycles. The molecule has 2 rings (SSSR count). The van der Waals surface area contributed by atoms with E-state index in [2.05, 4.69) is 6.92 Å². The highest BCUT2D eigenvalue weighted by atomic mass is 16.5. The summed E-state index contributed by atoms with van der Waals surface area (Å²) in [5, 5.41) is 0. The predicted octanol–water partition coefficient (Wildman–Crippen LogP) is 2.71. The van der Waals surface area contributed by atoms with Gasteiger partial charge in [0.05, 0.1) is 14.2 Å². The largest absolute Gasteiger partial charge is 0.493 e. The quantitative estimate of drug-likeness (QED) is 0.789. The summed E-state index contributed by atoms with van der Waals surface area (Å²) in [6.07, 6.45) is 0.919. The van der Waals surface area contributed by atoms with Crippen molar-refractivity contribution in [2.45, 2.75) is 20.3 Å². The average molecular weight is 234 g/mol. The monoisotopic (exact) mass is 234 g/mol. The van der Waals surface area contributed by atoms with Gasteiger partial charge in [0.1, 0.15) is 0 Å². The van der Waals surface area contributed by atoms with E-state index in [0.29, 0.717) is 17.4 Å². The number of carbonyl (C=O) groups excluding carboxylic acids is 1. The van der Waals surface area contributed by atoms with Gasteiger partial charge in [-0.25, -0.2) is 0 Å². The molecule has 0 amide bonds. The molecule has 3 heteroatoms. The van der Waals surface area contributed by atoms with Crippen molar-refractivity contribution in [2.75, 3.05) is 14.2 Å². The summed E-state index contributed by atoms with van der Waals surface area (Å²) in [6, 6.07) is 3.73. The van der Waals surface area contributed by atoms with Crippen LogP contribution in [0, 0.1) is 11.8 Å². The summed E-state index contributed by atoms with van der Waals surface area (Å²) >= 11 is 0. The fourth-order valence-corrected chi connectivity index (χ4v) is 2.35. The first-order valence-corrected chi connectivity index (χ1v) is 5.87. The molecule has 2 atom stereocenters. The number of methoxy groups -OCH3 is 2. The smallest absolute Gasteiger partial charge is 0.166 e. The van der Waals surface area contributed by atoms with Crippen LogP contribution in [0.3, 0.4) is 0 Å². The third-order valence-electron chi connectivity index (χ3n) is 3.68. The molecule has 0 radical (unpaired) electrons. The normalized spacial score (nSPS) is 23.2. The summed E-state index contributed by atoms with van der Waals surface area (Å²) in [4.78, 5) is 12.2. The van der Waals surface area contributed by atoms with E-state index in [4.69, 9.17) is 9.47 Å². The van der Waals surface area contributed by atoms with Crippen LogP contribution in [0.25, 0.3) is 0 Å². The van der Waals surface area contributed by atoms with Crippen LogP contribution in [-0.4, -0.2) is 20.0 Å². The molecule has 1 aromatic rings. The second kappa shape index (κ2) is 4.40. The molecule has 1 aliphatic rings. The van der Waals surface area contributed by atoms with Gasteiger partial charge in [-0.1, -0.05) is 13.8 Å². The van der Waals surface area contributed by atoms with Crippen LogP contribution >= 0.6 is 0 Å². The van der Waals surface area contributed by atoms with Gasteiger partial charge in [0.15, 0.2) is 17.3 Å². The number of carbonyl (C=O) groups is 1. The average Bonchev–Trinajstić information content (AvgIpc) is 2.34. The second-order valence-electron chi connectivity index (χ2n) is 4.70. The number of rotatable bonds is 2. The molecule has 0 saturated carbocycles. The van der Waals surface area contributed by atoms with Crippen molar-refractivity contribution in [3.8, 4) is 11.5 Å². The standard InChI is InChI=1S/C14H18O3/c1-8-5-10-6-12(16-3)13(17-4)7-11(10)14(15)9(8)2/h6-9H,5H2,1-4H3. The molecule has 3 nitrogen and oxygen atoms in total. The summed E-state index contributed by atoms with van der Waals surface area (Å²) in [5.74, 6) is 2.00. The summed E-state index contributed by atoms with van der Waals surface area (Å²) < 4.78 is 10.5. The first kappa shape index (κ1) is 12.0. The summed E-state index contributed by atoms with van der Waals surface area (Å²) in [7, 11) is 3.20. The van der Waals surface area contributed by atoms with Crippen LogP contribution in [0.1, 0.15) is 29.8 Å². The first-order valence-electron chi connectivity index (χ1n) is 5.87. The van der Waals surface area contributed by atoms with Gasteiger partial charge in [-0.2, -0.15) is 0 Å². The minimum atomic E-state index is 0.0839. The molecular weight excluding hydrogens is 216 g/mol. The maximum atomic E-state index is 12.2. The molecule has 0 saturated heterocycles. The SMILES string of the molecule is COc1cc2c(cc1OC)C(=O)C(C)C(C)C2. The summed E-state index contributed by atoms with van der Waals surface area (Å²) in [5.41, 5.74) is 1.85. The van der Waals surface area contributed by atoms with Crippen LogP contribution < -0.4 is 9.47 Å². The van der Waals surface area contributed by atoms with E-state index in [1.807, 2.05) is 13.0 Å². The zero-order valence-corrected chi connectivity index (χ0v) is 10.7. The highest BCUT2D eigenvalue weighted by Gasteiger charge is 2.30. The van der Waals surface area contributed by atoms with Crippen molar-refractivity contribution in [1.29, 1.82) is 0 Å². The Morgan fingerprint density at radius 1 is 1.12 bits per heavy atom. The van der Waals surface area contributed by atoms with Gasteiger partial charge in [-0.15, -0.1) is 0 Å². The number of hydrogen-bond donors (Lipinski definition) is 0. The number of ketones is 1. The van der Waals surface area contributed by atoms with Gasteiger partial charge in [0.25, 0.3) is 0 Å². The van der Waals surface area contributed by atoms with Gasteiger partial charge in [0, 0.05) is 11.5 Å².